The fourth-order valence-electron chi connectivity index (χ4n) is 1.75. The summed E-state index contributed by atoms with van der Waals surface area (Å²) in [5.41, 5.74) is 6.46. The lowest BCUT2D eigenvalue weighted by atomic mass is 10.1. The number of Topliss-reactive ketones (excluding diaryl/α,β-unsaturated/α-hetero) is 1. The molecule has 2 aromatic carbocycles. The zero-order chi connectivity index (χ0) is 15.6. The molecule has 0 fully saturated rings. The second-order valence-electron chi connectivity index (χ2n) is 4.42. The Kier molecular flexibility index (Phi) is 4.20. The quantitative estimate of drug-likeness (QED) is 0.668. The number of hydrogen-bond acceptors (Lipinski definition) is 4. The predicted molar refractivity (Wildman–Crippen MR) is 83.1 cm³/mol. The first-order valence-electron chi connectivity index (χ1n) is 5.98. The van der Waals surface area contributed by atoms with E-state index in [1.54, 1.807) is 18.2 Å². The number of carbonyl (C=O) groups is 1. The van der Waals surface area contributed by atoms with E-state index in [0.717, 1.165) is 0 Å². The molecule has 110 valence electrons. The minimum atomic E-state index is -3.88. The molecule has 0 aromatic heterocycles. The summed E-state index contributed by atoms with van der Waals surface area (Å²) in [6.07, 6.45) is 0. The van der Waals surface area contributed by atoms with Crippen LogP contribution in [0.15, 0.2) is 47.4 Å². The topological polar surface area (TPSA) is 89.3 Å². The van der Waals surface area contributed by atoms with Gasteiger partial charge in [0.15, 0.2) is 5.78 Å². The smallest absolute Gasteiger partial charge is 0.263 e. The molecule has 0 atom stereocenters. The van der Waals surface area contributed by atoms with Crippen molar-refractivity contribution in [2.75, 3.05) is 10.5 Å². The average molecular weight is 325 g/mol. The van der Waals surface area contributed by atoms with Crippen LogP contribution in [0.25, 0.3) is 0 Å². The van der Waals surface area contributed by atoms with Crippen molar-refractivity contribution < 1.29 is 13.2 Å². The van der Waals surface area contributed by atoms with Crippen molar-refractivity contribution in [3.63, 3.8) is 0 Å². The maximum absolute atomic E-state index is 12.3. The number of nitrogens with one attached hydrogen (secondary N) is 1. The third kappa shape index (κ3) is 3.53. The summed E-state index contributed by atoms with van der Waals surface area (Å²) in [6.45, 7) is 1.41. The molecular weight excluding hydrogens is 312 g/mol. The van der Waals surface area contributed by atoms with E-state index in [9.17, 15) is 13.2 Å². The minimum absolute atomic E-state index is 0.0922. The van der Waals surface area contributed by atoms with Crippen LogP contribution in [0, 0.1) is 0 Å². The van der Waals surface area contributed by atoms with Crippen molar-refractivity contribution in [2.24, 2.45) is 0 Å². The van der Waals surface area contributed by atoms with Crippen molar-refractivity contribution in [3.8, 4) is 0 Å². The summed E-state index contributed by atoms with van der Waals surface area (Å²) in [5, 5.41) is 0.266. The number of anilines is 2. The Balaban J connectivity index is 2.40. The highest BCUT2D eigenvalue weighted by atomic mass is 35.5. The highest BCUT2D eigenvalue weighted by Gasteiger charge is 2.18. The molecule has 3 N–H and O–H groups in total. The van der Waals surface area contributed by atoms with E-state index >= 15 is 0 Å². The van der Waals surface area contributed by atoms with E-state index in [4.69, 9.17) is 17.3 Å². The molecule has 0 bridgehead atoms. The van der Waals surface area contributed by atoms with Crippen LogP contribution in [0.1, 0.15) is 17.3 Å². The SMILES string of the molecule is CC(=O)c1cccc(NS(=O)(=O)c2cc(Cl)ccc2N)c1. The Morgan fingerprint density at radius 2 is 1.90 bits per heavy atom. The molecule has 0 aliphatic heterocycles. The lowest BCUT2D eigenvalue weighted by Crippen LogP contribution is -2.15. The van der Waals surface area contributed by atoms with Crippen LogP contribution in [0.5, 0.6) is 0 Å². The van der Waals surface area contributed by atoms with E-state index in [1.807, 2.05) is 0 Å². The van der Waals surface area contributed by atoms with Crippen LogP contribution in [0.2, 0.25) is 5.02 Å². The first-order valence-corrected chi connectivity index (χ1v) is 7.84. The van der Waals surface area contributed by atoms with E-state index in [-0.39, 0.29) is 27.1 Å². The number of ketones is 1. The van der Waals surface area contributed by atoms with E-state index in [2.05, 4.69) is 4.72 Å². The van der Waals surface area contributed by atoms with Crippen molar-refractivity contribution in [2.45, 2.75) is 11.8 Å². The molecule has 0 aliphatic carbocycles. The number of nitrogen functional groups attached to an aromatic ring is 1. The lowest BCUT2D eigenvalue weighted by Gasteiger charge is -2.11. The molecule has 0 spiro atoms. The summed E-state index contributed by atoms with van der Waals surface area (Å²) in [4.78, 5) is 11.2. The second kappa shape index (κ2) is 5.75. The number of carbonyl (C=O) groups excluding carboxylic acids is 1. The maximum atomic E-state index is 12.3. The standard InChI is InChI=1S/C14H13ClN2O3S/c1-9(18)10-3-2-4-12(7-10)17-21(19,20)14-8-11(15)5-6-13(14)16/h2-8,17H,16H2,1H3. The first kappa shape index (κ1) is 15.3. The molecule has 0 amide bonds. The molecule has 5 nitrogen and oxygen atoms in total. The third-order valence-corrected chi connectivity index (χ3v) is 4.46. The van der Waals surface area contributed by atoms with Crippen LogP contribution in [-0.4, -0.2) is 14.2 Å². The van der Waals surface area contributed by atoms with Crippen molar-refractivity contribution >= 4 is 38.8 Å². The number of sulfonamides is 1. The van der Waals surface area contributed by atoms with Gasteiger partial charge in [-0.1, -0.05) is 23.7 Å². The molecule has 0 saturated carbocycles. The van der Waals surface area contributed by atoms with Crippen LogP contribution in [-0.2, 0) is 10.0 Å². The van der Waals surface area contributed by atoms with E-state index in [1.165, 1.54) is 31.2 Å². The Hall–Kier alpha value is -2.05. The molecule has 7 heteroatoms. The highest BCUT2D eigenvalue weighted by Crippen LogP contribution is 2.25. The summed E-state index contributed by atoms with van der Waals surface area (Å²) < 4.78 is 27.0. The van der Waals surface area contributed by atoms with Crippen LogP contribution in [0.4, 0.5) is 11.4 Å². The molecular formula is C14H13ClN2O3S. The van der Waals surface area contributed by atoms with E-state index < -0.39 is 10.0 Å². The fourth-order valence-corrected chi connectivity index (χ4v) is 3.20. The van der Waals surface area contributed by atoms with Crippen LogP contribution < -0.4 is 10.5 Å². The molecule has 0 aliphatic rings. The van der Waals surface area contributed by atoms with Gasteiger partial charge in [0.05, 0.1) is 5.69 Å². The summed E-state index contributed by atoms with van der Waals surface area (Å²) in [7, 11) is -3.88. The molecule has 0 unspecified atom stereocenters. The van der Waals surface area contributed by atoms with Crippen LogP contribution in [0.3, 0.4) is 0 Å². The second-order valence-corrected chi connectivity index (χ2v) is 6.51. The predicted octanol–water partition coefficient (Wildman–Crippen LogP) is 2.93. The number of rotatable bonds is 4. The number of nitrogens with two attached hydrogens (primary N) is 1. The van der Waals surface area contributed by atoms with Gasteiger partial charge in [0.1, 0.15) is 4.90 Å². The van der Waals surface area contributed by atoms with E-state index in [0.29, 0.717) is 5.56 Å². The number of hydrogen-bond donors (Lipinski definition) is 2. The molecule has 0 radical (unpaired) electrons. The molecule has 0 heterocycles. The molecule has 21 heavy (non-hydrogen) atoms. The normalized spacial score (nSPS) is 11.1. The van der Waals surface area contributed by atoms with Gasteiger partial charge in [-0.3, -0.25) is 9.52 Å². The molecule has 0 saturated heterocycles. The lowest BCUT2D eigenvalue weighted by molar-refractivity contribution is 0.101. The highest BCUT2D eigenvalue weighted by molar-refractivity contribution is 7.92. The van der Waals surface area contributed by atoms with Crippen molar-refractivity contribution in [1.82, 2.24) is 0 Å². The number of benzene rings is 2. The minimum Gasteiger partial charge on any atom is -0.398 e. The van der Waals surface area contributed by atoms with Gasteiger partial charge in [-0.05, 0) is 37.3 Å². The monoisotopic (exact) mass is 324 g/mol. The van der Waals surface area contributed by atoms with Crippen molar-refractivity contribution in [3.05, 3.63) is 53.1 Å². The zero-order valence-corrected chi connectivity index (χ0v) is 12.7. The Morgan fingerprint density at radius 3 is 2.57 bits per heavy atom. The van der Waals surface area contributed by atoms with Gasteiger partial charge in [-0.2, -0.15) is 0 Å². The zero-order valence-electron chi connectivity index (χ0n) is 11.1. The molecule has 2 rings (SSSR count). The van der Waals surface area contributed by atoms with Gasteiger partial charge in [-0.15, -0.1) is 0 Å². The number of halogens is 1. The summed E-state index contributed by atoms with van der Waals surface area (Å²) >= 11 is 5.80. The Bertz CT molecular complexity index is 804. The third-order valence-electron chi connectivity index (χ3n) is 2.79. The van der Waals surface area contributed by atoms with Gasteiger partial charge in [0.25, 0.3) is 10.0 Å². The Labute approximate surface area is 127 Å². The van der Waals surface area contributed by atoms with Gasteiger partial charge >= 0.3 is 0 Å². The van der Waals surface area contributed by atoms with Gasteiger partial charge < -0.3 is 5.73 Å². The van der Waals surface area contributed by atoms with Gasteiger partial charge in [0, 0.05) is 16.3 Å². The van der Waals surface area contributed by atoms with Gasteiger partial charge in [0.2, 0.25) is 0 Å². The maximum Gasteiger partial charge on any atom is 0.263 e. The Morgan fingerprint density at radius 1 is 1.19 bits per heavy atom. The van der Waals surface area contributed by atoms with Crippen LogP contribution >= 0.6 is 11.6 Å². The summed E-state index contributed by atoms with van der Waals surface area (Å²) in [5.74, 6) is -0.154. The summed E-state index contributed by atoms with van der Waals surface area (Å²) in [6, 6.07) is 10.4. The average Bonchev–Trinajstić information content (AvgIpc) is 2.41. The van der Waals surface area contributed by atoms with Crippen molar-refractivity contribution in [1.29, 1.82) is 0 Å². The fraction of sp³-hybridized carbons (Fsp3) is 0.0714. The largest absolute Gasteiger partial charge is 0.398 e. The first-order chi connectivity index (χ1) is 9.79. The van der Waals surface area contributed by atoms with Gasteiger partial charge in [-0.25, -0.2) is 8.42 Å². The molecule has 2 aromatic rings.